The number of hydrogen-bond acceptors (Lipinski definition) is 4. The zero-order valence-corrected chi connectivity index (χ0v) is 13.7. The van der Waals surface area contributed by atoms with Crippen LogP contribution < -0.4 is 5.32 Å². The number of aryl methyl sites for hydroxylation is 1. The van der Waals surface area contributed by atoms with Crippen molar-refractivity contribution < 1.29 is 9.59 Å². The van der Waals surface area contributed by atoms with E-state index in [0.717, 1.165) is 12.1 Å². The van der Waals surface area contributed by atoms with Crippen LogP contribution in [0, 0.1) is 5.92 Å². The highest BCUT2D eigenvalue weighted by Gasteiger charge is 2.40. The van der Waals surface area contributed by atoms with Gasteiger partial charge in [-0.1, -0.05) is 0 Å². The number of hydrogen-bond donors (Lipinski definition) is 1. The first-order valence-electron chi connectivity index (χ1n) is 7.59. The van der Waals surface area contributed by atoms with Crippen molar-refractivity contribution in [3.05, 3.63) is 18.0 Å². The van der Waals surface area contributed by atoms with Crippen molar-refractivity contribution in [1.82, 2.24) is 24.9 Å². The normalized spacial score (nSPS) is 22.0. The topological polar surface area (TPSA) is 70.5 Å². The van der Waals surface area contributed by atoms with Crippen molar-refractivity contribution >= 4 is 11.8 Å². The van der Waals surface area contributed by atoms with Crippen LogP contribution in [0.1, 0.15) is 24.4 Å². The zero-order chi connectivity index (χ0) is 16.3. The van der Waals surface area contributed by atoms with Crippen LogP contribution in [-0.2, 0) is 16.6 Å². The SMILES string of the molecule is CNCCN(C)C(=O)C1CCC(=O)N(C)C1c1cnn(C)c1. The summed E-state index contributed by atoms with van der Waals surface area (Å²) in [5.41, 5.74) is 0.915. The lowest BCUT2D eigenvalue weighted by Crippen LogP contribution is -2.47. The van der Waals surface area contributed by atoms with Crippen LogP contribution in [0.15, 0.2) is 12.4 Å². The van der Waals surface area contributed by atoms with Gasteiger partial charge in [-0.3, -0.25) is 14.3 Å². The summed E-state index contributed by atoms with van der Waals surface area (Å²) in [6.45, 7) is 1.41. The minimum Gasteiger partial charge on any atom is -0.344 e. The highest BCUT2D eigenvalue weighted by Crippen LogP contribution is 2.36. The lowest BCUT2D eigenvalue weighted by atomic mass is 9.84. The number of piperidine rings is 1. The maximum atomic E-state index is 12.8. The molecule has 1 N–H and O–H groups in total. The molecule has 1 saturated heterocycles. The van der Waals surface area contributed by atoms with Gasteiger partial charge in [0.25, 0.3) is 0 Å². The number of likely N-dealkylation sites (N-methyl/N-ethyl adjacent to an activating group) is 2. The van der Waals surface area contributed by atoms with Gasteiger partial charge < -0.3 is 15.1 Å². The molecule has 2 heterocycles. The van der Waals surface area contributed by atoms with Gasteiger partial charge in [0.2, 0.25) is 11.8 Å². The van der Waals surface area contributed by atoms with E-state index in [4.69, 9.17) is 0 Å². The Kier molecular flexibility index (Phi) is 5.18. The van der Waals surface area contributed by atoms with Gasteiger partial charge in [0, 0.05) is 52.4 Å². The highest BCUT2D eigenvalue weighted by molar-refractivity contribution is 5.84. The van der Waals surface area contributed by atoms with E-state index in [1.54, 1.807) is 27.7 Å². The standard InChI is InChI=1S/C15H25N5O2/c1-16-7-8-18(2)15(22)12-5-6-13(21)20(4)14(12)11-9-17-19(3)10-11/h9-10,12,14,16H,5-8H2,1-4H3. The van der Waals surface area contributed by atoms with Crippen LogP contribution in [0.3, 0.4) is 0 Å². The van der Waals surface area contributed by atoms with Gasteiger partial charge in [-0.2, -0.15) is 5.10 Å². The van der Waals surface area contributed by atoms with Gasteiger partial charge in [-0.15, -0.1) is 0 Å². The lowest BCUT2D eigenvalue weighted by molar-refractivity contribution is -0.145. The van der Waals surface area contributed by atoms with E-state index in [1.807, 2.05) is 27.3 Å². The molecule has 122 valence electrons. The fourth-order valence-corrected chi connectivity index (χ4v) is 3.02. The smallest absolute Gasteiger partial charge is 0.227 e. The monoisotopic (exact) mass is 307 g/mol. The third kappa shape index (κ3) is 3.30. The summed E-state index contributed by atoms with van der Waals surface area (Å²) in [5, 5.41) is 7.23. The van der Waals surface area contributed by atoms with Gasteiger partial charge >= 0.3 is 0 Å². The summed E-state index contributed by atoms with van der Waals surface area (Å²) in [5.74, 6) is -0.0482. The number of carbonyl (C=O) groups is 2. The maximum absolute atomic E-state index is 12.8. The van der Waals surface area contributed by atoms with Crippen LogP contribution in [0.25, 0.3) is 0 Å². The third-order valence-corrected chi connectivity index (χ3v) is 4.32. The molecule has 0 aliphatic carbocycles. The molecule has 7 nitrogen and oxygen atoms in total. The quantitative estimate of drug-likeness (QED) is 0.832. The third-order valence-electron chi connectivity index (χ3n) is 4.32. The van der Waals surface area contributed by atoms with Crippen LogP contribution in [0.2, 0.25) is 0 Å². The molecule has 1 aromatic heterocycles. The van der Waals surface area contributed by atoms with Crippen molar-refractivity contribution in [3.63, 3.8) is 0 Å². The maximum Gasteiger partial charge on any atom is 0.227 e. The van der Waals surface area contributed by atoms with E-state index in [1.165, 1.54) is 0 Å². The average Bonchev–Trinajstić information content (AvgIpc) is 2.92. The Morgan fingerprint density at radius 1 is 1.50 bits per heavy atom. The first-order chi connectivity index (χ1) is 10.5. The summed E-state index contributed by atoms with van der Waals surface area (Å²) in [6, 6.07) is -0.237. The molecule has 0 saturated carbocycles. The van der Waals surface area contributed by atoms with Gasteiger partial charge in [0.05, 0.1) is 18.2 Å². The minimum atomic E-state index is -0.237. The van der Waals surface area contributed by atoms with E-state index in [0.29, 0.717) is 19.4 Å². The molecule has 22 heavy (non-hydrogen) atoms. The molecule has 0 bridgehead atoms. The van der Waals surface area contributed by atoms with Crippen molar-refractivity contribution in [2.45, 2.75) is 18.9 Å². The average molecular weight is 307 g/mol. The lowest BCUT2D eigenvalue weighted by Gasteiger charge is -2.39. The molecule has 1 fully saturated rings. The Balaban J connectivity index is 2.23. The fourth-order valence-electron chi connectivity index (χ4n) is 3.02. The molecular weight excluding hydrogens is 282 g/mol. The van der Waals surface area contributed by atoms with E-state index in [2.05, 4.69) is 10.4 Å². The minimum absolute atomic E-state index is 0.0794. The summed E-state index contributed by atoms with van der Waals surface area (Å²) in [6.07, 6.45) is 4.64. The highest BCUT2D eigenvalue weighted by atomic mass is 16.2. The Hall–Kier alpha value is -1.89. The molecule has 0 radical (unpaired) electrons. The van der Waals surface area contributed by atoms with Crippen LogP contribution in [0.4, 0.5) is 0 Å². The summed E-state index contributed by atoms with van der Waals surface area (Å²) >= 11 is 0. The van der Waals surface area contributed by atoms with Gasteiger partial charge in [-0.25, -0.2) is 0 Å². The molecule has 7 heteroatoms. The summed E-state index contributed by atoms with van der Waals surface area (Å²) < 4.78 is 1.70. The van der Waals surface area contributed by atoms with Crippen molar-refractivity contribution in [2.24, 2.45) is 13.0 Å². The Labute approximate surface area is 131 Å². The van der Waals surface area contributed by atoms with Gasteiger partial charge in [0.15, 0.2) is 0 Å². The largest absolute Gasteiger partial charge is 0.344 e. The Bertz CT molecular complexity index is 542. The second kappa shape index (κ2) is 6.91. The number of carbonyl (C=O) groups excluding carboxylic acids is 2. The number of likely N-dealkylation sites (tertiary alicyclic amines) is 1. The van der Waals surface area contributed by atoms with E-state index >= 15 is 0 Å². The molecule has 1 aliphatic rings. The second-order valence-electron chi connectivity index (χ2n) is 5.91. The Morgan fingerprint density at radius 3 is 2.82 bits per heavy atom. The summed E-state index contributed by atoms with van der Waals surface area (Å²) in [4.78, 5) is 28.3. The number of aromatic nitrogens is 2. The van der Waals surface area contributed by atoms with E-state index < -0.39 is 0 Å². The molecule has 2 amide bonds. The predicted octanol–water partition coefficient (Wildman–Crippen LogP) is 0.00740. The van der Waals surface area contributed by atoms with Crippen molar-refractivity contribution in [2.75, 3.05) is 34.2 Å². The molecule has 0 aromatic carbocycles. The summed E-state index contributed by atoms with van der Waals surface area (Å²) in [7, 11) is 7.29. The molecular formula is C15H25N5O2. The molecule has 2 rings (SSSR count). The zero-order valence-electron chi connectivity index (χ0n) is 13.7. The van der Waals surface area contributed by atoms with E-state index in [-0.39, 0.29) is 23.8 Å². The molecule has 2 atom stereocenters. The van der Waals surface area contributed by atoms with Crippen molar-refractivity contribution in [1.29, 1.82) is 0 Å². The fraction of sp³-hybridized carbons (Fsp3) is 0.667. The van der Waals surface area contributed by atoms with E-state index in [9.17, 15) is 9.59 Å². The number of rotatable bonds is 5. The van der Waals surface area contributed by atoms with Crippen LogP contribution in [-0.4, -0.2) is 65.6 Å². The number of amides is 2. The Morgan fingerprint density at radius 2 is 2.23 bits per heavy atom. The van der Waals surface area contributed by atoms with Crippen molar-refractivity contribution in [3.8, 4) is 0 Å². The molecule has 0 spiro atoms. The second-order valence-corrected chi connectivity index (χ2v) is 5.91. The van der Waals surface area contributed by atoms with Crippen LogP contribution >= 0.6 is 0 Å². The molecule has 1 aromatic rings. The predicted molar refractivity (Wildman–Crippen MR) is 83.0 cm³/mol. The number of nitrogens with one attached hydrogen (secondary N) is 1. The first kappa shape index (κ1) is 16.5. The van der Waals surface area contributed by atoms with Crippen LogP contribution in [0.5, 0.6) is 0 Å². The van der Waals surface area contributed by atoms with Gasteiger partial charge in [0.1, 0.15) is 0 Å². The first-order valence-corrected chi connectivity index (χ1v) is 7.59. The van der Waals surface area contributed by atoms with Gasteiger partial charge in [-0.05, 0) is 13.5 Å². The number of nitrogens with zero attached hydrogens (tertiary/aromatic N) is 4. The molecule has 1 aliphatic heterocycles. The molecule has 2 unspecified atom stereocenters.